The number of hydrogen-bond donors (Lipinski definition) is 0. The van der Waals surface area contributed by atoms with Gasteiger partial charge in [-0.15, -0.1) is 0 Å². The first-order chi connectivity index (χ1) is 15.9. The van der Waals surface area contributed by atoms with E-state index in [0.29, 0.717) is 11.0 Å². The Hall–Kier alpha value is -3.74. The summed E-state index contributed by atoms with van der Waals surface area (Å²) in [6, 6.07) is 14.4. The highest BCUT2D eigenvalue weighted by Crippen LogP contribution is 2.33. The van der Waals surface area contributed by atoms with Crippen molar-refractivity contribution >= 4 is 16.9 Å². The van der Waals surface area contributed by atoms with Gasteiger partial charge in [-0.1, -0.05) is 30.3 Å². The number of likely N-dealkylation sites (N-methyl/N-ethyl adjacent to an activating group) is 1. The predicted molar refractivity (Wildman–Crippen MR) is 127 cm³/mol. The fraction of sp³-hybridized carbons (Fsp3) is 0.308. The zero-order valence-electron chi connectivity index (χ0n) is 19.2. The lowest BCUT2D eigenvalue weighted by molar-refractivity contribution is -0.133. The van der Waals surface area contributed by atoms with Crippen LogP contribution in [0.1, 0.15) is 41.1 Å². The Morgan fingerprint density at radius 1 is 1.15 bits per heavy atom. The van der Waals surface area contributed by atoms with Crippen LogP contribution in [0.5, 0.6) is 0 Å². The van der Waals surface area contributed by atoms with Crippen molar-refractivity contribution < 1.29 is 4.79 Å². The van der Waals surface area contributed by atoms with Gasteiger partial charge in [0.1, 0.15) is 18.3 Å². The molecule has 4 aromatic rings. The van der Waals surface area contributed by atoms with E-state index < -0.39 is 0 Å². The lowest BCUT2D eigenvalue weighted by Crippen LogP contribution is -2.37. The van der Waals surface area contributed by atoms with Crippen LogP contribution >= 0.6 is 0 Å². The average Bonchev–Trinajstić information content (AvgIpc) is 3.24. The number of rotatable bonds is 4. The van der Waals surface area contributed by atoms with Crippen molar-refractivity contribution in [3.8, 4) is 5.69 Å². The van der Waals surface area contributed by atoms with Gasteiger partial charge in [0.25, 0.3) is 5.56 Å². The van der Waals surface area contributed by atoms with E-state index in [2.05, 4.69) is 28.3 Å². The molecule has 1 aliphatic rings. The van der Waals surface area contributed by atoms with Gasteiger partial charge in [0.15, 0.2) is 5.65 Å². The summed E-state index contributed by atoms with van der Waals surface area (Å²) in [5, 5.41) is 4.81. The van der Waals surface area contributed by atoms with Crippen molar-refractivity contribution in [2.75, 3.05) is 7.05 Å². The van der Waals surface area contributed by atoms with Gasteiger partial charge in [0.05, 0.1) is 17.9 Å². The Labute approximate surface area is 192 Å². The molecule has 0 spiro atoms. The average molecular weight is 442 g/mol. The van der Waals surface area contributed by atoms with Gasteiger partial charge < -0.3 is 4.90 Å². The molecule has 7 heteroatoms. The number of aromatic nitrogens is 4. The van der Waals surface area contributed by atoms with Crippen LogP contribution in [-0.2, 0) is 17.8 Å². The van der Waals surface area contributed by atoms with Crippen LogP contribution in [0.25, 0.3) is 16.7 Å². The fourth-order valence-corrected chi connectivity index (χ4v) is 4.88. The molecule has 1 amide bonds. The second kappa shape index (κ2) is 8.31. The third-order valence-corrected chi connectivity index (χ3v) is 6.51. The van der Waals surface area contributed by atoms with Crippen molar-refractivity contribution in [3.05, 3.63) is 87.6 Å². The highest BCUT2D eigenvalue weighted by atomic mass is 16.2. The van der Waals surface area contributed by atoms with Crippen molar-refractivity contribution in [2.45, 2.75) is 45.7 Å². The molecule has 1 aliphatic carbocycles. The number of nitrogens with zero attached hydrogens (tertiary/aromatic N) is 5. The lowest BCUT2D eigenvalue weighted by Gasteiger charge is -2.33. The Balaban J connectivity index is 1.43. The maximum atomic E-state index is 13.1. The van der Waals surface area contributed by atoms with Crippen molar-refractivity contribution in [1.82, 2.24) is 24.2 Å². The summed E-state index contributed by atoms with van der Waals surface area (Å²) in [5.41, 5.74) is 5.81. The van der Waals surface area contributed by atoms with Crippen molar-refractivity contribution in [3.63, 3.8) is 0 Å². The number of aryl methyl sites for hydroxylation is 3. The standard InChI is InChI=1S/C26H27N5O2/c1-17-11-18(2)13-20(12-17)31-25-22(14-28-31)26(33)30(16-27-25)15-24(32)29(3)23-10-6-8-19-7-4-5-9-21(19)23/h4-5,7,9,11-14,16,23H,6,8,10,15H2,1-3H3. The first-order valence-corrected chi connectivity index (χ1v) is 11.3. The van der Waals surface area contributed by atoms with Crippen LogP contribution in [0.15, 0.2) is 59.8 Å². The van der Waals surface area contributed by atoms with Gasteiger partial charge in [0, 0.05) is 7.05 Å². The summed E-state index contributed by atoms with van der Waals surface area (Å²) in [6.07, 6.45) is 5.99. The Morgan fingerprint density at radius 3 is 2.70 bits per heavy atom. The minimum absolute atomic E-state index is 0.0298. The maximum absolute atomic E-state index is 13.1. The van der Waals surface area contributed by atoms with E-state index in [1.165, 1.54) is 28.2 Å². The summed E-state index contributed by atoms with van der Waals surface area (Å²) in [5.74, 6) is -0.110. The third-order valence-electron chi connectivity index (χ3n) is 6.51. The summed E-state index contributed by atoms with van der Waals surface area (Å²) < 4.78 is 3.05. The Morgan fingerprint density at radius 2 is 1.91 bits per heavy atom. The van der Waals surface area contributed by atoms with Crippen molar-refractivity contribution in [2.24, 2.45) is 0 Å². The molecule has 7 nitrogen and oxygen atoms in total. The number of fused-ring (bicyclic) bond motifs is 2. The van der Waals surface area contributed by atoms with Gasteiger partial charge in [0.2, 0.25) is 5.91 Å². The Kier molecular flexibility index (Phi) is 5.32. The number of hydrogen-bond acceptors (Lipinski definition) is 4. The van der Waals surface area contributed by atoms with E-state index in [-0.39, 0.29) is 24.1 Å². The zero-order chi connectivity index (χ0) is 23.1. The Bertz CT molecular complexity index is 1400. The second-order valence-corrected chi connectivity index (χ2v) is 8.93. The molecule has 2 aromatic heterocycles. The zero-order valence-corrected chi connectivity index (χ0v) is 19.2. The summed E-state index contributed by atoms with van der Waals surface area (Å²) >= 11 is 0. The molecule has 1 atom stereocenters. The molecular formula is C26H27N5O2. The molecule has 2 heterocycles. The first-order valence-electron chi connectivity index (χ1n) is 11.3. The molecule has 1 unspecified atom stereocenters. The number of carbonyl (C=O) groups is 1. The number of amides is 1. The van der Waals surface area contributed by atoms with E-state index in [4.69, 9.17) is 0 Å². The topological polar surface area (TPSA) is 73.0 Å². The van der Waals surface area contributed by atoms with Gasteiger partial charge in [-0.2, -0.15) is 5.10 Å². The highest BCUT2D eigenvalue weighted by Gasteiger charge is 2.27. The monoisotopic (exact) mass is 441 g/mol. The van der Waals surface area contributed by atoms with Crippen LogP contribution in [0.2, 0.25) is 0 Å². The first kappa shape index (κ1) is 21.1. The summed E-state index contributed by atoms with van der Waals surface area (Å²) in [6.45, 7) is 4.00. The van der Waals surface area contributed by atoms with E-state index in [1.807, 2.05) is 45.2 Å². The lowest BCUT2D eigenvalue weighted by atomic mass is 9.87. The summed E-state index contributed by atoms with van der Waals surface area (Å²) in [4.78, 5) is 32.5. The van der Waals surface area contributed by atoms with Crippen LogP contribution in [0, 0.1) is 13.8 Å². The molecule has 33 heavy (non-hydrogen) atoms. The molecule has 0 aliphatic heterocycles. The second-order valence-electron chi connectivity index (χ2n) is 8.93. The molecule has 0 saturated heterocycles. The van der Waals surface area contributed by atoms with Gasteiger partial charge >= 0.3 is 0 Å². The minimum atomic E-state index is -0.263. The SMILES string of the molecule is Cc1cc(C)cc(-n2ncc3c(=O)n(CC(=O)N(C)C4CCCc5ccccc54)cnc32)c1. The largest absolute Gasteiger partial charge is 0.337 e. The molecule has 0 fully saturated rings. The molecule has 168 valence electrons. The van der Waals surface area contributed by atoms with Crippen molar-refractivity contribution in [1.29, 1.82) is 0 Å². The van der Waals surface area contributed by atoms with E-state index in [1.54, 1.807) is 9.58 Å². The van der Waals surface area contributed by atoms with Gasteiger partial charge in [-0.05, 0) is 67.5 Å². The molecular weight excluding hydrogens is 414 g/mol. The van der Waals surface area contributed by atoms with Gasteiger partial charge in [-0.25, -0.2) is 9.67 Å². The molecule has 0 bridgehead atoms. The third kappa shape index (κ3) is 3.84. The molecule has 2 aromatic carbocycles. The van der Waals surface area contributed by atoms with Crippen LogP contribution in [0.4, 0.5) is 0 Å². The number of benzene rings is 2. The van der Waals surface area contributed by atoms with Gasteiger partial charge in [-0.3, -0.25) is 14.2 Å². The fourth-order valence-electron chi connectivity index (χ4n) is 4.88. The van der Waals surface area contributed by atoms with Crippen LogP contribution in [-0.4, -0.2) is 37.2 Å². The molecule has 0 N–H and O–H groups in total. The molecule has 0 radical (unpaired) electrons. The predicted octanol–water partition coefficient (Wildman–Crippen LogP) is 3.74. The molecule has 5 rings (SSSR count). The summed E-state index contributed by atoms with van der Waals surface area (Å²) in [7, 11) is 1.82. The highest BCUT2D eigenvalue weighted by molar-refractivity contribution is 5.78. The molecule has 0 saturated carbocycles. The number of carbonyl (C=O) groups excluding carboxylic acids is 1. The van der Waals surface area contributed by atoms with E-state index >= 15 is 0 Å². The van der Waals surface area contributed by atoms with E-state index in [0.717, 1.165) is 36.1 Å². The minimum Gasteiger partial charge on any atom is -0.337 e. The maximum Gasteiger partial charge on any atom is 0.264 e. The van der Waals surface area contributed by atoms with Crippen LogP contribution < -0.4 is 5.56 Å². The van der Waals surface area contributed by atoms with E-state index in [9.17, 15) is 9.59 Å². The quantitative estimate of drug-likeness (QED) is 0.484. The normalized spacial score (nSPS) is 15.4. The van der Waals surface area contributed by atoms with Crippen LogP contribution in [0.3, 0.4) is 0 Å². The smallest absolute Gasteiger partial charge is 0.264 e.